The van der Waals surface area contributed by atoms with Crippen LogP contribution in [0.2, 0.25) is 0 Å². The molecule has 0 saturated carbocycles. The van der Waals surface area contributed by atoms with Crippen molar-refractivity contribution in [2.75, 3.05) is 16.4 Å². The van der Waals surface area contributed by atoms with Crippen LogP contribution >= 0.6 is 11.8 Å². The summed E-state index contributed by atoms with van der Waals surface area (Å²) in [5, 5.41) is 12.8. The third-order valence-electron chi connectivity index (χ3n) is 4.49. The summed E-state index contributed by atoms with van der Waals surface area (Å²) in [5.41, 5.74) is -1.21. The number of benzene rings is 2. The second-order valence-electron chi connectivity index (χ2n) is 7.38. The van der Waals surface area contributed by atoms with Crippen molar-refractivity contribution in [3.05, 3.63) is 64.4 Å². The summed E-state index contributed by atoms with van der Waals surface area (Å²) in [4.78, 5) is 39.3. The fourth-order valence-electron chi connectivity index (χ4n) is 2.80. The van der Waals surface area contributed by atoms with Crippen LogP contribution < -0.4 is 16.2 Å². The van der Waals surface area contributed by atoms with Gasteiger partial charge in [-0.3, -0.25) is 19.4 Å². The van der Waals surface area contributed by atoms with E-state index in [0.29, 0.717) is 11.3 Å². The van der Waals surface area contributed by atoms with Crippen molar-refractivity contribution in [1.29, 1.82) is 0 Å². The average Bonchev–Trinajstić information content (AvgIpc) is 2.78. The number of aromatic amines is 1. The zero-order valence-corrected chi connectivity index (χ0v) is 18.9. The molecule has 0 fully saturated rings. The second-order valence-corrected chi connectivity index (χ2v) is 8.34. The molecular formula is C22H20F3N5O3S. The fourth-order valence-corrected chi connectivity index (χ4v) is 3.40. The van der Waals surface area contributed by atoms with Crippen molar-refractivity contribution in [2.24, 2.45) is 5.92 Å². The van der Waals surface area contributed by atoms with Crippen LogP contribution in [0.25, 0.3) is 11.3 Å². The molecule has 1 heterocycles. The van der Waals surface area contributed by atoms with Gasteiger partial charge in [-0.25, -0.2) is 0 Å². The number of aromatic nitrogens is 3. The fraction of sp³-hybridized carbons (Fsp3) is 0.227. The minimum atomic E-state index is -4.62. The van der Waals surface area contributed by atoms with Gasteiger partial charge >= 0.3 is 6.18 Å². The Morgan fingerprint density at radius 1 is 1.00 bits per heavy atom. The van der Waals surface area contributed by atoms with Gasteiger partial charge in [0.15, 0.2) is 10.9 Å². The smallest absolute Gasteiger partial charge is 0.325 e. The molecule has 34 heavy (non-hydrogen) atoms. The molecule has 0 aliphatic carbocycles. The number of nitrogens with zero attached hydrogens (tertiary/aromatic N) is 2. The summed E-state index contributed by atoms with van der Waals surface area (Å²) >= 11 is 0.806. The molecule has 0 bridgehead atoms. The Morgan fingerprint density at radius 3 is 2.29 bits per heavy atom. The topological polar surface area (TPSA) is 117 Å². The molecule has 0 aliphatic heterocycles. The van der Waals surface area contributed by atoms with Crippen LogP contribution in [-0.4, -0.2) is 32.7 Å². The molecule has 0 atom stereocenters. The second kappa shape index (κ2) is 10.5. The molecule has 0 unspecified atom stereocenters. The minimum Gasteiger partial charge on any atom is -0.325 e. The van der Waals surface area contributed by atoms with Crippen molar-refractivity contribution in [3.8, 4) is 11.3 Å². The lowest BCUT2D eigenvalue weighted by Crippen LogP contribution is -2.20. The molecule has 3 aromatic rings. The number of anilines is 2. The maximum atomic E-state index is 13.1. The van der Waals surface area contributed by atoms with Crippen molar-refractivity contribution in [1.82, 2.24) is 15.2 Å². The highest BCUT2D eigenvalue weighted by Gasteiger charge is 2.33. The van der Waals surface area contributed by atoms with E-state index in [1.807, 2.05) is 0 Å². The molecule has 0 radical (unpaired) electrons. The molecule has 3 N–H and O–H groups in total. The third kappa shape index (κ3) is 6.22. The highest BCUT2D eigenvalue weighted by molar-refractivity contribution is 7.99. The first-order chi connectivity index (χ1) is 16.1. The van der Waals surface area contributed by atoms with E-state index in [1.54, 1.807) is 38.1 Å². The summed E-state index contributed by atoms with van der Waals surface area (Å²) in [7, 11) is 0. The minimum absolute atomic E-state index is 0.0108. The zero-order valence-electron chi connectivity index (χ0n) is 18.1. The lowest BCUT2D eigenvalue weighted by atomic mass is 10.1. The van der Waals surface area contributed by atoms with Crippen LogP contribution in [0.1, 0.15) is 19.4 Å². The van der Waals surface area contributed by atoms with Crippen LogP contribution in [0.15, 0.2) is 58.5 Å². The number of para-hydroxylation sites is 2. The quantitative estimate of drug-likeness (QED) is 0.427. The first-order valence-corrected chi connectivity index (χ1v) is 11.0. The number of amides is 2. The molecule has 8 nitrogen and oxygen atoms in total. The molecule has 0 saturated heterocycles. The number of H-pyrrole nitrogens is 1. The number of carbonyl (C=O) groups excluding carboxylic acids is 2. The van der Waals surface area contributed by atoms with Crippen LogP contribution in [0.4, 0.5) is 24.5 Å². The number of rotatable bonds is 7. The molecule has 0 aliphatic rings. The summed E-state index contributed by atoms with van der Waals surface area (Å²) in [6.07, 6.45) is -4.62. The molecule has 178 valence electrons. The van der Waals surface area contributed by atoms with Crippen molar-refractivity contribution in [3.63, 3.8) is 0 Å². The van der Waals surface area contributed by atoms with Gasteiger partial charge in [0.2, 0.25) is 11.8 Å². The van der Waals surface area contributed by atoms with Gasteiger partial charge in [-0.05, 0) is 18.2 Å². The standard InChI is InChI=1S/C22H20F3N5O3S/c1-12(2)19(32)27-15-9-5-3-7-13(15)18-20(33)28-21(30-29-18)34-11-17(31)26-16-10-6-4-8-14(16)22(23,24)25/h3-10,12H,11H2,1-2H3,(H,26,31)(H,27,32)(H,28,30,33). The highest BCUT2D eigenvalue weighted by Crippen LogP contribution is 2.34. The monoisotopic (exact) mass is 491 g/mol. The SMILES string of the molecule is CC(C)C(=O)Nc1ccccc1-c1nnc(SCC(=O)Nc2ccccc2C(F)(F)F)[nH]c1=O. The molecule has 12 heteroatoms. The predicted octanol–water partition coefficient (Wildman–Crippen LogP) is 4.18. The van der Waals surface area contributed by atoms with Crippen molar-refractivity contribution in [2.45, 2.75) is 25.2 Å². The van der Waals surface area contributed by atoms with E-state index in [1.165, 1.54) is 12.1 Å². The molecular weight excluding hydrogens is 471 g/mol. The van der Waals surface area contributed by atoms with Gasteiger partial charge in [-0.1, -0.05) is 55.9 Å². The van der Waals surface area contributed by atoms with Crippen LogP contribution in [0.3, 0.4) is 0 Å². The van der Waals surface area contributed by atoms with Gasteiger partial charge in [-0.2, -0.15) is 13.2 Å². The van der Waals surface area contributed by atoms with E-state index in [-0.39, 0.29) is 34.1 Å². The zero-order chi connectivity index (χ0) is 24.9. The molecule has 1 aromatic heterocycles. The molecule has 2 aromatic carbocycles. The third-order valence-corrected chi connectivity index (χ3v) is 5.35. The van der Waals surface area contributed by atoms with Gasteiger partial charge in [0.25, 0.3) is 5.56 Å². The van der Waals surface area contributed by atoms with Gasteiger partial charge in [0, 0.05) is 11.5 Å². The number of halogens is 3. The Labute approximate surface area is 196 Å². The van der Waals surface area contributed by atoms with Crippen LogP contribution in [-0.2, 0) is 15.8 Å². The molecule has 2 amide bonds. The van der Waals surface area contributed by atoms with Crippen LogP contribution in [0.5, 0.6) is 0 Å². The first kappa shape index (κ1) is 25.0. The molecule has 3 rings (SSSR count). The van der Waals surface area contributed by atoms with Crippen LogP contribution in [0, 0.1) is 5.92 Å². The van der Waals surface area contributed by atoms with E-state index >= 15 is 0 Å². The van der Waals surface area contributed by atoms with E-state index < -0.39 is 23.2 Å². The van der Waals surface area contributed by atoms with E-state index in [9.17, 15) is 27.6 Å². The number of carbonyl (C=O) groups is 2. The Bertz CT molecular complexity index is 1260. The summed E-state index contributed by atoms with van der Waals surface area (Å²) in [6, 6.07) is 11.2. The normalized spacial score (nSPS) is 11.4. The number of hydrogen-bond acceptors (Lipinski definition) is 6. The lowest BCUT2D eigenvalue weighted by Gasteiger charge is -2.13. The maximum Gasteiger partial charge on any atom is 0.418 e. The summed E-state index contributed by atoms with van der Waals surface area (Å²) in [6.45, 7) is 3.46. The number of hydrogen-bond donors (Lipinski definition) is 3. The number of thioether (sulfide) groups is 1. The first-order valence-electron chi connectivity index (χ1n) is 10.0. The lowest BCUT2D eigenvalue weighted by molar-refractivity contribution is -0.137. The van der Waals surface area contributed by atoms with Gasteiger partial charge in [-0.15, -0.1) is 10.2 Å². The average molecular weight is 491 g/mol. The maximum absolute atomic E-state index is 13.1. The van der Waals surface area contributed by atoms with Gasteiger partial charge in [0.05, 0.1) is 22.7 Å². The largest absolute Gasteiger partial charge is 0.418 e. The van der Waals surface area contributed by atoms with E-state index in [0.717, 1.165) is 23.9 Å². The predicted molar refractivity (Wildman–Crippen MR) is 122 cm³/mol. The summed E-state index contributed by atoms with van der Waals surface area (Å²) < 4.78 is 39.2. The van der Waals surface area contributed by atoms with E-state index in [2.05, 4.69) is 25.8 Å². The highest BCUT2D eigenvalue weighted by atomic mass is 32.2. The Morgan fingerprint density at radius 2 is 1.65 bits per heavy atom. The number of nitrogens with one attached hydrogen (secondary N) is 3. The van der Waals surface area contributed by atoms with Crippen molar-refractivity contribution < 1.29 is 22.8 Å². The van der Waals surface area contributed by atoms with Gasteiger partial charge in [0.1, 0.15) is 0 Å². The van der Waals surface area contributed by atoms with Crippen molar-refractivity contribution >= 4 is 35.0 Å². The Balaban J connectivity index is 1.71. The Kier molecular flexibility index (Phi) is 7.72. The van der Waals surface area contributed by atoms with Gasteiger partial charge < -0.3 is 10.6 Å². The Hall–Kier alpha value is -3.67. The number of alkyl halides is 3. The van der Waals surface area contributed by atoms with E-state index in [4.69, 9.17) is 0 Å². The molecule has 0 spiro atoms. The summed E-state index contributed by atoms with van der Waals surface area (Å²) in [5.74, 6) is -1.53.